The Hall–Kier alpha value is -3.14. The van der Waals surface area contributed by atoms with Gasteiger partial charge in [0.1, 0.15) is 18.5 Å². The van der Waals surface area contributed by atoms with Crippen LogP contribution in [0.25, 0.3) is 0 Å². The van der Waals surface area contributed by atoms with Crippen LogP contribution in [-0.2, 0) is 22.1 Å². The zero-order valence-corrected chi connectivity index (χ0v) is 18.6. The minimum atomic E-state index is -4.45. The van der Waals surface area contributed by atoms with E-state index in [0.717, 1.165) is 12.1 Å². The first-order valence-electron chi connectivity index (χ1n) is 10.2. The number of methoxy groups -OCH3 is 3. The standard InChI is InChI=1S/C23H26F3NO6/c1-29-19-8-7-15(21(30-2)22(19)31-3)11-20(28)27-9-10-32-18(13-27)14-33-17-6-4-5-16(12-17)23(24,25)26/h4-8,12,18H,9-11,13-14H2,1-3H3. The first kappa shape index (κ1) is 24.5. The van der Waals surface area contributed by atoms with Crippen molar-refractivity contribution in [1.29, 1.82) is 0 Å². The highest BCUT2D eigenvalue weighted by atomic mass is 19.4. The number of hydrogen-bond acceptors (Lipinski definition) is 6. The monoisotopic (exact) mass is 469 g/mol. The Balaban J connectivity index is 1.62. The van der Waals surface area contributed by atoms with Gasteiger partial charge in [-0.1, -0.05) is 12.1 Å². The highest BCUT2D eigenvalue weighted by molar-refractivity contribution is 5.80. The molecule has 1 aliphatic heterocycles. The average molecular weight is 469 g/mol. The Morgan fingerprint density at radius 3 is 2.52 bits per heavy atom. The molecule has 10 heteroatoms. The van der Waals surface area contributed by atoms with E-state index in [1.807, 2.05) is 0 Å². The maximum Gasteiger partial charge on any atom is 0.416 e. The molecule has 1 atom stereocenters. The summed E-state index contributed by atoms with van der Waals surface area (Å²) in [5.41, 5.74) is -0.145. The van der Waals surface area contributed by atoms with Crippen LogP contribution < -0.4 is 18.9 Å². The molecule has 7 nitrogen and oxygen atoms in total. The van der Waals surface area contributed by atoms with Crippen molar-refractivity contribution in [1.82, 2.24) is 4.90 Å². The molecule has 2 aromatic rings. The minimum absolute atomic E-state index is 0.0186. The molecule has 1 unspecified atom stereocenters. The van der Waals surface area contributed by atoms with E-state index in [-0.39, 0.29) is 31.2 Å². The van der Waals surface area contributed by atoms with Crippen LogP contribution in [0.1, 0.15) is 11.1 Å². The number of amides is 1. The molecule has 33 heavy (non-hydrogen) atoms. The minimum Gasteiger partial charge on any atom is -0.493 e. The molecule has 1 aliphatic rings. The summed E-state index contributed by atoms with van der Waals surface area (Å²) in [6, 6.07) is 8.10. The SMILES string of the molecule is COc1ccc(CC(=O)N2CCOC(COc3cccc(C(F)(F)F)c3)C2)c(OC)c1OC. The predicted molar refractivity (Wildman–Crippen MR) is 113 cm³/mol. The summed E-state index contributed by atoms with van der Waals surface area (Å²) in [6.45, 7) is 0.970. The second-order valence-electron chi connectivity index (χ2n) is 7.34. The smallest absolute Gasteiger partial charge is 0.416 e. The van der Waals surface area contributed by atoms with Gasteiger partial charge in [-0.05, 0) is 24.3 Å². The molecule has 180 valence electrons. The summed E-state index contributed by atoms with van der Waals surface area (Å²) in [5.74, 6) is 1.26. The second-order valence-corrected chi connectivity index (χ2v) is 7.34. The van der Waals surface area contributed by atoms with Crippen LogP contribution in [0, 0.1) is 0 Å². The van der Waals surface area contributed by atoms with Crippen molar-refractivity contribution in [3.8, 4) is 23.0 Å². The molecular formula is C23H26F3NO6. The average Bonchev–Trinajstić information content (AvgIpc) is 2.82. The van der Waals surface area contributed by atoms with E-state index in [4.69, 9.17) is 23.7 Å². The number of halogens is 3. The van der Waals surface area contributed by atoms with Crippen molar-refractivity contribution in [2.75, 3.05) is 47.6 Å². The van der Waals surface area contributed by atoms with Gasteiger partial charge in [0.25, 0.3) is 0 Å². The molecule has 0 N–H and O–H groups in total. The lowest BCUT2D eigenvalue weighted by atomic mass is 10.1. The van der Waals surface area contributed by atoms with E-state index in [9.17, 15) is 18.0 Å². The molecule has 0 saturated carbocycles. The molecule has 1 saturated heterocycles. The number of alkyl halides is 3. The summed E-state index contributed by atoms with van der Waals surface area (Å²) in [6.07, 6.45) is -4.84. The number of nitrogens with zero attached hydrogens (tertiary/aromatic N) is 1. The Kier molecular flexibility index (Phi) is 7.91. The highest BCUT2D eigenvalue weighted by Gasteiger charge is 2.31. The summed E-state index contributed by atoms with van der Waals surface area (Å²) in [5, 5.41) is 0. The topological polar surface area (TPSA) is 66.5 Å². The third kappa shape index (κ3) is 6.01. The van der Waals surface area contributed by atoms with Gasteiger partial charge >= 0.3 is 6.18 Å². The fourth-order valence-electron chi connectivity index (χ4n) is 3.58. The van der Waals surface area contributed by atoms with E-state index in [1.165, 1.54) is 33.5 Å². The van der Waals surface area contributed by atoms with Crippen LogP contribution in [0.2, 0.25) is 0 Å². The van der Waals surface area contributed by atoms with Crippen LogP contribution >= 0.6 is 0 Å². The maximum absolute atomic E-state index is 12.9. The number of carbonyl (C=O) groups excluding carboxylic acids is 1. The lowest BCUT2D eigenvalue weighted by molar-refractivity contribution is -0.140. The quantitative estimate of drug-likeness (QED) is 0.589. The number of carbonyl (C=O) groups is 1. The maximum atomic E-state index is 12.9. The van der Waals surface area contributed by atoms with Crippen molar-refractivity contribution in [2.24, 2.45) is 0 Å². The molecule has 0 spiro atoms. The first-order chi connectivity index (χ1) is 15.8. The van der Waals surface area contributed by atoms with Gasteiger partial charge in [-0.3, -0.25) is 4.79 Å². The normalized spacial score (nSPS) is 16.3. The fraction of sp³-hybridized carbons (Fsp3) is 0.435. The molecule has 1 fully saturated rings. The van der Waals surface area contributed by atoms with E-state index in [2.05, 4.69) is 0 Å². The van der Waals surface area contributed by atoms with Gasteiger partial charge < -0.3 is 28.6 Å². The van der Waals surface area contributed by atoms with Crippen LogP contribution in [-0.4, -0.2) is 64.5 Å². The third-order valence-electron chi connectivity index (χ3n) is 5.22. The zero-order chi connectivity index (χ0) is 24.0. The number of morpholine rings is 1. The molecular weight excluding hydrogens is 443 g/mol. The second kappa shape index (κ2) is 10.7. The third-order valence-corrected chi connectivity index (χ3v) is 5.22. The van der Waals surface area contributed by atoms with E-state index >= 15 is 0 Å². The van der Waals surface area contributed by atoms with Crippen molar-refractivity contribution in [3.63, 3.8) is 0 Å². The summed E-state index contributed by atoms with van der Waals surface area (Å²) in [4.78, 5) is 14.6. The number of hydrogen-bond donors (Lipinski definition) is 0. The van der Waals surface area contributed by atoms with Crippen molar-refractivity contribution >= 4 is 5.91 Å². The fourth-order valence-corrected chi connectivity index (χ4v) is 3.58. The Morgan fingerprint density at radius 2 is 1.85 bits per heavy atom. The lowest BCUT2D eigenvalue weighted by Crippen LogP contribution is -2.48. The highest BCUT2D eigenvalue weighted by Crippen LogP contribution is 2.40. The molecule has 1 heterocycles. The molecule has 0 radical (unpaired) electrons. The first-order valence-corrected chi connectivity index (χ1v) is 10.2. The van der Waals surface area contributed by atoms with E-state index in [0.29, 0.717) is 36.0 Å². The van der Waals surface area contributed by atoms with Gasteiger partial charge in [0.15, 0.2) is 11.5 Å². The van der Waals surface area contributed by atoms with E-state index in [1.54, 1.807) is 17.0 Å². The molecule has 0 aromatic heterocycles. The molecule has 2 aromatic carbocycles. The Labute approximate surface area is 189 Å². The predicted octanol–water partition coefficient (Wildman–Crippen LogP) is 3.58. The molecule has 0 bridgehead atoms. The molecule has 3 rings (SSSR count). The van der Waals surface area contributed by atoms with Crippen molar-refractivity contribution in [3.05, 3.63) is 47.5 Å². The van der Waals surface area contributed by atoms with Crippen LogP contribution in [0.3, 0.4) is 0 Å². The van der Waals surface area contributed by atoms with Gasteiger partial charge in [0.05, 0.1) is 46.5 Å². The number of benzene rings is 2. The Morgan fingerprint density at radius 1 is 1.09 bits per heavy atom. The zero-order valence-electron chi connectivity index (χ0n) is 18.6. The largest absolute Gasteiger partial charge is 0.493 e. The van der Waals surface area contributed by atoms with Gasteiger partial charge in [0.2, 0.25) is 11.7 Å². The van der Waals surface area contributed by atoms with Crippen molar-refractivity contribution in [2.45, 2.75) is 18.7 Å². The van der Waals surface area contributed by atoms with Gasteiger partial charge in [-0.2, -0.15) is 13.2 Å². The van der Waals surface area contributed by atoms with Crippen LogP contribution in [0.15, 0.2) is 36.4 Å². The summed E-state index contributed by atoms with van der Waals surface area (Å²) < 4.78 is 65.8. The van der Waals surface area contributed by atoms with Crippen LogP contribution in [0.4, 0.5) is 13.2 Å². The lowest BCUT2D eigenvalue weighted by Gasteiger charge is -2.33. The molecule has 0 aliphatic carbocycles. The number of ether oxygens (including phenoxy) is 5. The summed E-state index contributed by atoms with van der Waals surface area (Å²) >= 11 is 0. The van der Waals surface area contributed by atoms with Gasteiger partial charge in [0, 0.05) is 12.1 Å². The van der Waals surface area contributed by atoms with Crippen LogP contribution in [0.5, 0.6) is 23.0 Å². The van der Waals surface area contributed by atoms with E-state index < -0.39 is 17.8 Å². The Bertz CT molecular complexity index is 966. The summed E-state index contributed by atoms with van der Waals surface area (Å²) in [7, 11) is 4.49. The molecule has 1 amide bonds. The number of rotatable bonds is 8. The van der Waals surface area contributed by atoms with Gasteiger partial charge in [-0.15, -0.1) is 0 Å². The van der Waals surface area contributed by atoms with Gasteiger partial charge in [-0.25, -0.2) is 0 Å². The van der Waals surface area contributed by atoms with Crippen molar-refractivity contribution < 1.29 is 41.7 Å².